The molecule has 2 N–H and O–H groups in total. The summed E-state index contributed by atoms with van der Waals surface area (Å²) < 4.78 is 0. The van der Waals surface area contributed by atoms with E-state index in [1.54, 1.807) is 0 Å². The van der Waals surface area contributed by atoms with E-state index in [-0.39, 0.29) is 0 Å². The largest absolute Gasteiger partial charge is 0.326 e. The standard InChI is InChI=1S/C9H17N3/c1-7-5-12(6-9(7)11)8(2)3-4-10/h7-9H,3,5-6,11H2,1-2H3. The predicted octanol–water partition coefficient (Wildman–Crippen LogP) is 0.568. The lowest BCUT2D eigenvalue weighted by Gasteiger charge is -2.21. The highest BCUT2D eigenvalue weighted by Gasteiger charge is 2.29. The number of hydrogen-bond donors (Lipinski definition) is 1. The maximum absolute atomic E-state index is 8.52. The normalized spacial score (nSPS) is 33.2. The number of nitrogens with zero attached hydrogens (tertiary/aromatic N) is 2. The molecule has 1 saturated heterocycles. The zero-order chi connectivity index (χ0) is 9.14. The van der Waals surface area contributed by atoms with E-state index in [2.05, 4.69) is 24.8 Å². The summed E-state index contributed by atoms with van der Waals surface area (Å²) in [5.74, 6) is 0.575. The maximum atomic E-state index is 8.52. The first-order valence-electron chi connectivity index (χ1n) is 4.51. The third-order valence-electron chi connectivity index (χ3n) is 2.71. The molecule has 0 spiro atoms. The molecule has 0 amide bonds. The molecule has 1 rings (SSSR count). The summed E-state index contributed by atoms with van der Waals surface area (Å²) >= 11 is 0. The summed E-state index contributed by atoms with van der Waals surface area (Å²) in [6.07, 6.45) is 0.611. The fourth-order valence-electron chi connectivity index (χ4n) is 1.65. The molecular weight excluding hydrogens is 150 g/mol. The summed E-state index contributed by atoms with van der Waals surface area (Å²) in [4.78, 5) is 2.30. The van der Waals surface area contributed by atoms with Crippen LogP contribution < -0.4 is 5.73 Å². The second-order valence-electron chi connectivity index (χ2n) is 3.81. The predicted molar refractivity (Wildman–Crippen MR) is 48.4 cm³/mol. The Labute approximate surface area is 74.1 Å². The molecule has 0 bridgehead atoms. The second kappa shape index (κ2) is 3.88. The van der Waals surface area contributed by atoms with Crippen molar-refractivity contribution in [2.45, 2.75) is 32.4 Å². The second-order valence-corrected chi connectivity index (χ2v) is 3.81. The molecule has 1 aliphatic heterocycles. The van der Waals surface area contributed by atoms with Gasteiger partial charge < -0.3 is 5.73 Å². The lowest BCUT2D eigenvalue weighted by molar-refractivity contribution is 0.253. The minimum atomic E-state index is 0.297. The van der Waals surface area contributed by atoms with E-state index in [1.165, 1.54) is 0 Å². The Kier molecular flexibility index (Phi) is 3.07. The number of likely N-dealkylation sites (tertiary alicyclic amines) is 1. The van der Waals surface area contributed by atoms with Crippen molar-refractivity contribution in [3.63, 3.8) is 0 Å². The molecule has 3 heteroatoms. The van der Waals surface area contributed by atoms with Crippen LogP contribution in [-0.2, 0) is 0 Å². The first-order valence-corrected chi connectivity index (χ1v) is 4.51. The van der Waals surface area contributed by atoms with Crippen molar-refractivity contribution in [2.24, 2.45) is 11.7 Å². The molecule has 0 aromatic heterocycles. The van der Waals surface area contributed by atoms with Gasteiger partial charge in [0.1, 0.15) is 0 Å². The van der Waals surface area contributed by atoms with Gasteiger partial charge in [-0.15, -0.1) is 0 Å². The Morgan fingerprint density at radius 1 is 1.67 bits per heavy atom. The molecular formula is C9H17N3. The fourth-order valence-corrected chi connectivity index (χ4v) is 1.65. The van der Waals surface area contributed by atoms with Gasteiger partial charge >= 0.3 is 0 Å². The van der Waals surface area contributed by atoms with Crippen LogP contribution in [0.15, 0.2) is 0 Å². The Morgan fingerprint density at radius 3 is 2.75 bits per heavy atom. The molecule has 3 unspecified atom stereocenters. The van der Waals surface area contributed by atoms with Crippen molar-refractivity contribution in [3.05, 3.63) is 0 Å². The highest BCUT2D eigenvalue weighted by Crippen LogP contribution is 2.17. The smallest absolute Gasteiger partial charge is 0.0638 e. The lowest BCUT2D eigenvalue weighted by Crippen LogP contribution is -2.33. The van der Waals surface area contributed by atoms with E-state index < -0.39 is 0 Å². The van der Waals surface area contributed by atoms with Gasteiger partial charge in [0, 0.05) is 25.2 Å². The Morgan fingerprint density at radius 2 is 2.33 bits per heavy atom. The maximum Gasteiger partial charge on any atom is 0.0638 e. The summed E-state index contributed by atoms with van der Waals surface area (Å²) in [5.41, 5.74) is 5.88. The highest BCUT2D eigenvalue weighted by atomic mass is 15.2. The third kappa shape index (κ3) is 1.96. The molecule has 3 nitrogen and oxygen atoms in total. The number of nitrogens with two attached hydrogens (primary N) is 1. The molecule has 12 heavy (non-hydrogen) atoms. The van der Waals surface area contributed by atoms with Crippen LogP contribution in [0.3, 0.4) is 0 Å². The van der Waals surface area contributed by atoms with E-state index in [1.807, 2.05) is 0 Å². The molecule has 3 atom stereocenters. The average molecular weight is 167 g/mol. The lowest BCUT2D eigenvalue weighted by atomic mass is 10.1. The van der Waals surface area contributed by atoms with Crippen molar-refractivity contribution in [1.29, 1.82) is 5.26 Å². The molecule has 0 aliphatic carbocycles. The van der Waals surface area contributed by atoms with Gasteiger partial charge in [-0.25, -0.2) is 0 Å². The van der Waals surface area contributed by atoms with Crippen molar-refractivity contribution in [1.82, 2.24) is 4.90 Å². The minimum absolute atomic E-state index is 0.297. The van der Waals surface area contributed by atoms with Gasteiger partial charge in [0.25, 0.3) is 0 Å². The quantitative estimate of drug-likeness (QED) is 0.654. The summed E-state index contributed by atoms with van der Waals surface area (Å²) in [5, 5.41) is 8.52. The first-order chi connectivity index (χ1) is 5.65. The van der Waals surface area contributed by atoms with Crippen LogP contribution in [0.1, 0.15) is 20.3 Å². The molecule has 0 radical (unpaired) electrons. The van der Waals surface area contributed by atoms with Crippen LogP contribution in [-0.4, -0.2) is 30.1 Å². The molecule has 0 aromatic carbocycles. The summed E-state index contributed by atoms with van der Waals surface area (Å²) in [6, 6.07) is 2.86. The van der Waals surface area contributed by atoms with Gasteiger partial charge in [0.05, 0.1) is 12.5 Å². The first kappa shape index (κ1) is 9.50. The average Bonchev–Trinajstić information content (AvgIpc) is 2.33. The Balaban J connectivity index is 2.41. The van der Waals surface area contributed by atoms with Gasteiger partial charge in [-0.05, 0) is 12.8 Å². The van der Waals surface area contributed by atoms with Crippen LogP contribution >= 0.6 is 0 Å². The van der Waals surface area contributed by atoms with Crippen molar-refractivity contribution >= 4 is 0 Å². The van der Waals surface area contributed by atoms with E-state index in [9.17, 15) is 0 Å². The molecule has 1 aliphatic rings. The van der Waals surface area contributed by atoms with Crippen LogP contribution in [0.4, 0.5) is 0 Å². The number of rotatable bonds is 2. The zero-order valence-electron chi connectivity index (χ0n) is 7.83. The molecule has 0 saturated carbocycles. The topological polar surface area (TPSA) is 53.0 Å². The molecule has 1 heterocycles. The Hall–Kier alpha value is -0.590. The van der Waals surface area contributed by atoms with Crippen LogP contribution in [0.2, 0.25) is 0 Å². The SMILES string of the molecule is CC1CN(C(C)CC#N)CC1N. The fraction of sp³-hybridized carbons (Fsp3) is 0.889. The van der Waals surface area contributed by atoms with E-state index in [0.717, 1.165) is 13.1 Å². The van der Waals surface area contributed by atoms with Crippen LogP contribution in [0.25, 0.3) is 0 Å². The van der Waals surface area contributed by atoms with E-state index >= 15 is 0 Å². The van der Waals surface area contributed by atoms with Crippen molar-refractivity contribution < 1.29 is 0 Å². The van der Waals surface area contributed by atoms with Crippen molar-refractivity contribution in [3.8, 4) is 6.07 Å². The van der Waals surface area contributed by atoms with Gasteiger partial charge in [-0.3, -0.25) is 4.90 Å². The zero-order valence-corrected chi connectivity index (χ0v) is 7.83. The highest BCUT2D eigenvalue weighted by molar-refractivity contribution is 4.89. The molecule has 1 fully saturated rings. The van der Waals surface area contributed by atoms with Gasteiger partial charge in [0.15, 0.2) is 0 Å². The third-order valence-corrected chi connectivity index (χ3v) is 2.71. The molecule has 0 aromatic rings. The Bertz CT molecular complexity index is 175. The van der Waals surface area contributed by atoms with Crippen LogP contribution in [0.5, 0.6) is 0 Å². The molecule has 68 valence electrons. The summed E-state index contributed by atoms with van der Waals surface area (Å²) in [6.45, 7) is 6.26. The van der Waals surface area contributed by atoms with E-state index in [4.69, 9.17) is 11.0 Å². The van der Waals surface area contributed by atoms with Crippen molar-refractivity contribution in [2.75, 3.05) is 13.1 Å². The van der Waals surface area contributed by atoms with Crippen LogP contribution in [0, 0.1) is 17.2 Å². The van der Waals surface area contributed by atoms with E-state index in [0.29, 0.717) is 24.4 Å². The van der Waals surface area contributed by atoms with Gasteiger partial charge in [-0.2, -0.15) is 5.26 Å². The number of hydrogen-bond acceptors (Lipinski definition) is 3. The van der Waals surface area contributed by atoms with Gasteiger partial charge in [-0.1, -0.05) is 6.92 Å². The minimum Gasteiger partial charge on any atom is -0.326 e. The monoisotopic (exact) mass is 167 g/mol. The summed E-state index contributed by atoms with van der Waals surface area (Å²) in [7, 11) is 0. The van der Waals surface area contributed by atoms with Gasteiger partial charge in [0.2, 0.25) is 0 Å². The number of nitriles is 1.